The van der Waals surface area contributed by atoms with Gasteiger partial charge in [0.1, 0.15) is 5.69 Å². The van der Waals surface area contributed by atoms with E-state index in [1.54, 1.807) is 0 Å². The highest BCUT2D eigenvalue weighted by molar-refractivity contribution is 5.91. The van der Waals surface area contributed by atoms with E-state index in [1.807, 2.05) is 0 Å². The van der Waals surface area contributed by atoms with Gasteiger partial charge in [-0.2, -0.15) is 0 Å². The minimum atomic E-state index is -5.12. The lowest BCUT2D eigenvalue weighted by molar-refractivity contribution is -0.275. The second kappa shape index (κ2) is 5.34. The van der Waals surface area contributed by atoms with E-state index in [2.05, 4.69) is 9.72 Å². The molecule has 106 valence electrons. The summed E-state index contributed by atoms with van der Waals surface area (Å²) in [7, 11) is 0. The van der Waals surface area contributed by atoms with Crippen molar-refractivity contribution < 1.29 is 36.6 Å². The number of carboxylic acids is 1. The van der Waals surface area contributed by atoms with Crippen LogP contribution < -0.4 is 10.5 Å². The molecule has 0 aliphatic rings. The molecule has 3 N–H and O–H groups in total. The number of aromatic carboxylic acids is 1. The van der Waals surface area contributed by atoms with Crippen molar-refractivity contribution in [3.05, 3.63) is 23.0 Å². The number of halogens is 5. The van der Waals surface area contributed by atoms with Gasteiger partial charge in [0.05, 0.1) is 11.8 Å². The number of aromatic nitrogens is 1. The summed E-state index contributed by atoms with van der Waals surface area (Å²) in [6.45, 7) is -0.727. The Kier molecular flexibility index (Phi) is 4.24. The van der Waals surface area contributed by atoms with E-state index in [4.69, 9.17) is 10.8 Å². The van der Waals surface area contributed by atoms with Gasteiger partial charge in [-0.05, 0) is 0 Å². The average molecular weight is 286 g/mol. The van der Waals surface area contributed by atoms with Crippen molar-refractivity contribution in [2.75, 3.05) is 0 Å². The Labute approximate surface area is 102 Å². The average Bonchev–Trinajstić information content (AvgIpc) is 2.25. The Morgan fingerprint density at radius 1 is 1.47 bits per heavy atom. The third-order valence-electron chi connectivity index (χ3n) is 2.03. The normalized spacial score (nSPS) is 11.7. The summed E-state index contributed by atoms with van der Waals surface area (Å²) >= 11 is 0. The molecule has 0 aliphatic heterocycles. The number of carbonyl (C=O) groups is 1. The standard InChI is InChI=1S/C9H7F5N2O3/c10-7(11)6-5(8(17)18)3(1-15)4(2-16-6)19-9(12,13)14/h2,7H,1,15H2,(H,17,18). The molecule has 0 atom stereocenters. The van der Waals surface area contributed by atoms with Crippen molar-refractivity contribution in [1.82, 2.24) is 4.98 Å². The first kappa shape index (κ1) is 15.1. The molecular weight excluding hydrogens is 279 g/mol. The molecule has 19 heavy (non-hydrogen) atoms. The number of carboxylic acid groups (broad SMARTS) is 1. The highest BCUT2D eigenvalue weighted by Crippen LogP contribution is 2.32. The van der Waals surface area contributed by atoms with Gasteiger partial charge in [-0.3, -0.25) is 4.98 Å². The van der Waals surface area contributed by atoms with E-state index in [-0.39, 0.29) is 0 Å². The third kappa shape index (κ3) is 3.50. The minimum absolute atomic E-state index is 0.365. The molecule has 0 aromatic carbocycles. The van der Waals surface area contributed by atoms with Crippen LogP contribution in [0, 0.1) is 0 Å². The number of ether oxygens (including phenoxy) is 1. The van der Waals surface area contributed by atoms with E-state index in [0.717, 1.165) is 0 Å². The van der Waals surface area contributed by atoms with Gasteiger partial charge in [0.25, 0.3) is 6.43 Å². The highest BCUT2D eigenvalue weighted by atomic mass is 19.4. The summed E-state index contributed by atoms with van der Waals surface area (Å²) in [5.41, 5.74) is 2.15. The SMILES string of the molecule is NCc1c(OC(F)(F)F)cnc(C(F)F)c1C(=O)O. The van der Waals surface area contributed by atoms with Gasteiger partial charge in [0.2, 0.25) is 0 Å². The van der Waals surface area contributed by atoms with E-state index in [0.29, 0.717) is 6.20 Å². The van der Waals surface area contributed by atoms with Gasteiger partial charge in [-0.1, -0.05) is 0 Å². The summed E-state index contributed by atoms with van der Waals surface area (Å²) in [5, 5.41) is 8.78. The number of nitrogens with two attached hydrogens (primary N) is 1. The van der Waals surface area contributed by atoms with Crippen LogP contribution in [0.4, 0.5) is 22.0 Å². The molecule has 0 unspecified atom stereocenters. The number of nitrogens with zero attached hydrogens (tertiary/aromatic N) is 1. The zero-order chi connectivity index (χ0) is 14.8. The second-order valence-electron chi connectivity index (χ2n) is 3.22. The Hall–Kier alpha value is -1.97. The molecule has 1 aromatic rings. The van der Waals surface area contributed by atoms with Crippen LogP contribution in [0.1, 0.15) is 28.0 Å². The molecule has 0 saturated heterocycles. The molecule has 0 fully saturated rings. The van der Waals surface area contributed by atoms with Crippen LogP contribution in [0.3, 0.4) is 0 Å². The molecule has 0 amide bonds. The molecule has 5 nitrogen and oxygen atoms in total. The van der Waals surface area contributed by atoms with Crippen LogP contribution >= 0.6 is 0 Å². The quantitative estimate of drug-likeness (QED) is 0.828. The fourth-order valence-electron chi connectivity index (χ4n) is 1.37. The third-order valence-corrected chi connectivity index (χ3v) is 2.03. The molecule has 0 radical (unpaired) electrons. The van der Waals surface area contributed by atoms with Gasteiger partial charge in [0.15, 0.2) is 5.75 Å². The number of hydrogen-bond acceptors (Lipinski definition) is 4. The number of pyridine rings is 1. The summed E-state index contributed by atoms with van der Waals surface area (Å²) in [6, 6.07) is 0. The maximum Gasteiger partial charge on any atom is 0.573 e. The van der Waals surface area contributed by atoms with Crippen molar-refractivity contribution in [2.45, 2.75) is 19.3 Å². The molecule has 0 aliphatic carbocycles. The number of rotatable bonds is 4. The van der Waals surface area contributed by atoms with Crippen molar-refractivity contribution in [1.29, 1.82) is 0 Å². The molecule has 0 saturated carbocycles. The summed E-state index contributed by atoms with van der Waals surface area (Å²) < 4.78 is 64.8. The lowest BCUT2D eigenvalue weighted by atomic mass is 10.1. The first-order valence-corrected chi connectivity index (χ1v) is 4.66. The van der Waals surface area contributed by atoms with Crippen molar-refractivity contribution in [3.8, 4) is 5.75 Å². The highest BCUT2D eigenvalue weighted by Gasteiger charge is 2.34. The predicted molar refractivity (Wildman–Crippen MR) is 50.7 cm³/mol. The molecule has 0 bridgehead atoms. The maximum absolute atomic E-state index is 12.5. The maximum atomic E-state index is 12.5. The van der Waals surface area contributed by atoms with Crippen LogP contribution in [0.15, 0.2) is 6.20 Å². The molecular formula is C9H7F5N2O3. The van der Waals surface area contributed by atoms with Gasteiger partial charge in [-0.15, -0.1) is 13.2 Å². The van der Waals surface area contributed by atoms with Crippen LogP contribution in [-0.2, 0) is 6.54 Å². The molecule has 1 heterocycles. The molecule has 10 heteroatoms. The second-order valence-corrected chi connectivity index (χ2v) is 3.22. The molecule has 1 rings (SSSR count). The van der Waals surface area contributed by atoms with Gasteiger partial charge >= 0.3 is 12.3 Å². The van der Waals surface area contributed by atoms with Gasteiger partial charge in [-0.25, -0.2) is 13.6 Å². The van der Waals surface area contributed by atoms with Crippen molar-refractivity contribution in [2.24, 2.45) is 5.73 Å². The first-order valence-electron chi connectivity index (χ1n) is 4.66. The fourth-order valence-corrected chi connectivity index (χ4v) is 1.37. The van der Waals surface area contributed by atoms with E-state index in [1.165, 1.54) is 0 Å². The number of hydrogen-bond donors (Lipinski definition) is 2. The van der Waals surface area contributed by atoms with Crippen molar-refractivity contribution in [3.63, 3.8) is 0 Å². The summed E-state index contributed by atoms with van der Waals surface area (Å²) in [4.78, 5) is 13.8. The van der Waals surface area contributed by atoms with Gasteiger partial charge < -0.3 is 15.6 Å². The topological polar surface area (TPSA) is 85.4 Å². The van der Waals surface area contributed by atoms with Crippen LogP contribution in [0.5, 0.6) is 5.75 Å². The molecule has 0 spiro atoms. The van der Waals surface area contributed by atoms with Crippen LogP contribution in [0.25, 0.3) is 0 Å². The minimum Gasteiger partial charge on any atom is -0.478 e. The largest absolute Gasteiger partial charge is 0.573 e. The molecule has 1 aromatic heterocycles. The van der Waals surface area contributed by atoms with Crippen LogP contribution in [0.2, 0.25) is 0 Å². The zero-order valence-electron chi connectivity index (χ0n) is 9.04. The van der Waals surface area contributed by atoms with Gasteiger partial charge in [0, 0.05) is 12.1 Å². The smallest absolute Gasteiger partial charge is 0.478 e. The lowest BCUT2D eigenvalue weighted by Crippen LogP contribution is -2.21. The predicted octanol–water partition coefficient (Wildman–Crippen LogP) is 2.07. The Morgan fingerprint density at radius 3 is 2.42 bits per heavy atom. The zero-order valence-corrected chi connectivity index (χ0v) is 9.04. The van der Waals surface area contributed by atoms with E-state index in [9.17, 15) is 26.7 Å². The number of alkyl halides is 5. The lowest BCUT2D eigenvalue weighted by Gasteiger charge is -2.15. The Bertz CT molecular complexity index is 489. The van der Waals surface area contributed by atoms with Crippen molar-refractivity contribution >= 4 is 5.97 Å². The van der Waals surface area contributed by atoms with E-state index < -0.39 is 47.9 Å². The fraction of sp³-hybridized carbons (Fsp3) is 0.333. The first-order chi connectivity index (χ1) is 8.67. The summed E-state index contributed by atoms with van der Waals surface area (Å²) in [6.07, 6.45) is -8.02. The van der Waals surface area contributed by atoms with Crippen LogP contribution in [-0.4, -0.2) is 22.4 Å². The van der Waals surface area contributed by atoms with E-state index >= 15 is 0 Å². The Balaban J connectivity index is 3.45. The Morgan fingerprint density at radius 2 is 2.05 bits per heavy atom. The summed E-state index contributed by atoms with van der Waals surface area (Å²) in [5.74, 6) is -2.88. The monoisotopic (exact) mass is 286 g/mol.